The second-order valence-electron chi connectivity index (χ2n) is 3.56. The Morgan fingerprint density at radius 2 is 2.14 bits per heavy atom. The van der Waals surface area contributed by atoms with Crippen molar-refractivity contribution in [3.63, 3.8) is 0 Å². The van der Waals surface area contributed by atoms with E-state index in [0.29, 0.717) is 6.54 Å². The highest BCUT2D eigenvalue weighted by Gasteiger charge is 2.09. The van der Waals surface area contributed by atoms with Crippen molar-refractivity contribution in [2.45, 2.75) is 13.5 Å². The summed E-state index contributed by atoms with van der Waals surface area (Å²) in [7, 11) is 2.02. The van der Waals surface area contributed by atoms with E-state index < -0.39 is 0 Å². The van der Waals surface area contributed by atoms with Crippen molar-refractivity contribution < 1.29 is 0 Å². The minimum Gasteiger partial charge on any atom is -0.350 e. The van der Waals surface area contributed by atoms with Crippen LogP contribution in [0.15, 0.2) is 18.3 Å². The summed E-state index contributed by atoms with van der Waals surface area (Å²) in [5.41, 5.74) is 8.97. The van der Waals surface area contributed by atoms with E-state index in [4.69, 9.17) is 17.3 Å². The highest BCUT2D eigenvalue weighted by Crippen LogP contribution is 2.30. The van der Waals surface area contributed by atoms with Gasteiger partial charge in [0.1, 0.15) is 0 Å². The fourth-order valence-corrected chi connectivity index (χ4v) is 2.25. The molecule has 0 saturated carbocycles. The van der Waals surface area contributed by atoms with Gasteiger partial charge in [0.2, 0.25) is 0 Å². The van der Waals surface area contributed by atoms with Gasteiger partial charge in [-0.25, -0.2) is 0 Å². The lowest BCUT2D eigenvalue weighted by Gasteiger charge is -2.03. The number of aromatic nitrogens is 1. The molecular weight excluding hydrogens is 196 g/mol. The van der Waals surface area contributed by atoms with Gasteiger partial charge in [0.25, 0.3) is 0 Å². The maximum atomic E-state index is 6.27. The average Bonchev–Trinajstić information content (AvgIpc) is 2.44. The van der Waals surface area contributed by atoms with Gasteiger partial charge in [-0.2, -0.15) is 0 Å². The monoisotopic (exact) mass is 208 g/mol. The number of nitrogens with two attached hydrogens (primary N) is 1. The summed E-state index contributed by atoms with van der Waals surface area (Å²) in [5, 5.41) is 1.92. The fraction of sp³-hybridized carbons (Fsp3) is 0.273. The van der Waals surface area contributed by atoms with E-state index in [1.54, 1.807) is 0 Å². The van der Waals surface area contributed by atoms with Crippen molar-refractivity contribution in [1.82, 2.24) is 4.57 Å². The SMILES string of the molecule is Cc1cn(C)c2ccc(CN)c(Cl)c12. The Balaban J connectivity index is 2.87. The molecule has 0 aliphatic rings. The van der Waals surface area contributed by atoms with Crippen LogP contribution in [0, 0.1) is 6.92 Å². The number of rotatable bonds is 1. The molecule has 0 aliphatic carbocycles. The van der Waals surface area contributed by atoms with Crippen LogP contribution in [0.4, 0.5) is 0 Å². The normalized spacial score (nSPS) is 11.1. The molecule has 0 radical (unpaired) electrons. The van der Waals surface area contributed by atoms with Crippen molar-refractivity contribution in [2.24, 2.45) is 12.8 Å². The first-order valence-corrected chi connectivity index (χ1v) is 4.96. The lowest BCUT2D eigenvalue weighted by atomic mass is 10.1. The first-order valence-electron chi connectivity index (χ1n) is 4.58. The molecule has 2 aromatic rings. The maximum absolute atomic E-state index is 6.27. The lowest BCUT2D eigenvalue weighted by molar-refractivity contribution is 0.963. The maximum Gasteiger partial charge on any atom is 0.0547 e. The standard InChI is InChI=1S/C11H13ClN2/c1-7-6-14(2)9-4-3-8(5-13)11(12)10(7)9/h3-4,6H,5,13H2,1-2H3. The van der Waals surface area contributed by atoms with Gasteiger partial charge in [0, 0.05) is 30.7 Å². The van der Waals surface area contributed by atoms with Crippen LogP contribution in [-0.4, -0.2) is 4.57 Å². The minimum atomic E-state index is 0.489. The van der Waals surface area contributed by atoms with Gasteiger partial charge in [-0.1, -0.05) is 17.7 Å². The van der Waals surface area contributed by atoms with Crippen molar-refractivity contribution in [3.8, 4) is 0 Å². The van der Waals surface area contributed by atoms with E-state index >= 15 is 0 Å². The van der Waals surface area contributed by atoms with E-state index in [1.165, 1.54) is 5.56 Å². The Morgan fingerprint density at radius 1 is 1.43 bits per heavy atom. The summed E-state index contributed by atoms with van der Waals surface area (Å²) in [6.07, 6.45) is 2.08. The summed E-state index contributed by atoms with van der Waals surface area (Å²) < 4.78 is 2.08. The molecule has 2 rings (SSSR count). The largest absolute Gasteiger partial charge is 0.350 e. The van der Waals surface area contributed by atoms with Gasteiger partial charge < -0.3 is 10.3 Å². The summed E-state index contributed by atoms with van der Waals surface area (Å²) in [5.74, 6) is 0. The molecular formula is C11H13ClN2. The first-order chi connectivity index (χ1) is 6.65. The van der Waals surface area contributed by atoms with Crippen LogP contribution in [-0.2, 0) is 13.6 Å². The summed E-state index contributed by atoms with van der Waals surface area (Å²) >= 11 is 6.27. The number of nitrogens with zero attached hydrogens (tertiary/aromatic N) is 1. The molecule has 0 spiro atoms. The van der Waals surface area contributed by atoms with E-state index in [1.807, 2.05) is 13.1 Å². The molecule has 2 N–H and O–H groups in total. The van der Waals surface area contributed by atoms with Crippen molar-refractivity contribution in [3.05, 3.63) is 34.5 Å². The molecule has 3 heteroatoms. The summed E-state index contributed by atoms with van der Waals surface area (Å²) in [6.45, 7) is 2.55. The van der Waals surface area contributed by atoms with Crippen molar-refractivity contribution in [2.75, 3.05) is 0 Å². The van der Waals surface area contributed by atoms with Crippen LogP contribution < -0.4 is 5.73 Å². The predicted octanol–water partition coefficient (Wildman–Crippen LogP) is 2.60. The number of aryl methyl sites for hydroxylation is 2. The number of hydrogen-bond donors (Lipinski definition) is 1. The minimum absolute atomic E-state index is 0.489. The molecule has 1 aromatic carbocycles. The summed E-state index contributed by atoms with van der Waals surface area (Å²) in [6, 6.07) is 4.06. The molecule has 2 nitrogen and oxygen atoms in total. The molecule has 0 saturated heterocycles. The zero-order valence-corrected chi connectivity index (χ0v) is 9.10. The summed E-state index contributed by atoms with van der Waals surface area (Å²) in [4.78, 5) is 0. The molecule has 14 heavy (non-hydrogen) atoms. The molecule has 0 atom stereocenters. The van der Waals surface area contributed by atoms with Gasteiger partial charge in [0.15, 0.2) is 0 Å². The second kappa shape index (κ2) is 3.30. The van der Waals surface area contributed by atoms with Crippen LogP contribution in [0.2, 0.25) is 5.02 Å². The Morgan fingerprint density at radius 3 is 2.79 bits per heavy atom. The zero-order chi connectivity index (χ0) is 10.3. The van der Waals surface area contributed by atoms with Crippen LogP contribution in [0.5, 0.6) is 0 Å². The number of fused-ring (bicyclic) bond motifs is 1. The van der Waals surface area contributed by atoms with Crippen LogP contribution in [0.1, 0.15) is 11.1 Å². The molecule has 0 unspecified atom stereocenters. The third kappa shape index (κ3) is 1.22. The van der Waals surface area contributed by atoms with Gasteiger partial charge in [0.05, 0.1) is 5.02 Å². The number of benzene rings is 1. The Kier molecular flexibility index (Phi) is 2.25. The fourth-order valence-electron chi connectivity index (χ4n) is 1.86. The first kappa shape index (κ1) is 9.56. The van der Waals surface area contributed by atoms with Gasteiger partial charge in [-0.15, -0.1) is 0 Å². The Hall–Kier alpha value is -0.990. The quantitative estimate of drug-likeness (QED) is 0.768. The predicted molar refractivity (Wildman–Crippen MR) is 60.6 cm³/mol. The van der Waals surface area contributed by atoms with Crippen molar-refractivity contribution >= 4 is 22.5 Å². The Bertz CT molecular complexity index is 485. The van der Waals surface area contributed by atoms with Crippen LogP contribution in [0.25, 0.3) is 10.9 Å². The third-order valence-electron chi connectivity index (χ3n) is 2.58. The smallest absolute Gasteiger partial charge is 0.0547 e. The second-order valence-corrected chi connectivity index (χ2v) is 3.94. The number of hydrogen-bond acceptors (Lipinski definition) is 1. The third-order valence-corrected chi connectivity index (χ3v) is 3.01. The average molecular weight is 209 g/mol. The van der Waals surface area contributed by atoms with E-state index in [9.17, 15) is 0 Å². The van der Waals surface area contributed by atoms with Gasteiger partial charge >= 0.3 is 0 Å². The van der Waals surface area contributed by atoms with Crippen LogP contribution in [0.3, 0.4) is 0 Å². The molecule has 0 aliphatic heterocycles. The van der Waals surface area contributed by atoms with Crippen LogP contribution >= 0.6 is 11.6 Å². The zero-order valence-electron chi connectivity index (χ0n) is 8.34. The molecule has 0 bridgehead atoms. The number of halogens is 1. The highest BCUT2D eigenvalue weighted by atomic mass is 35.5. The highest BCUT2D eigenvalue weighted by molar-refractivity contribution is 6.36. The molecule has 1 aromatic heterocycles. The Labute approximate surface area is 88.3 Å². The molecule has 1 heterocycles. The van der Waals surface area contributed by atoms with Gasteiger partial charge in [-0.3, -0.25) is 0 Å². The van der Waals surface area contributed by atoms with Gasteiger partial charge in [-0.05, 0) is 24.1 Å². The van der Waals surface area contributed by atoms with E-state index in [2.05, 4.69) is 23.8 Å². The van der Waals surface area contributed by atoms with E-state index in [0.717, 1.165) is 21.5 Å². The topological polar surface area (TPSA) is 30.9 Å². The molecule has 74 valence electrons. The molecule has 0 amide bonds. The molecule has 0 fully saturated rings. The van der Waals surface area contributed by atoms with Crippen molar-refractivity contribution in [1.29, 1.82) is 0 Å². The lowest BCUT2D eigenvalue weighted by Crippen LogP contribution is -1.97. The van der Waals surface area contributed by atoms with E-state index in [-0.39, 0.29) is 0 Å².